The van der Waals surface area contributed by atoms with Gasteiger partial charge in [-0.1, -0.05) is 6.07 Å². The number of alkyl halides is 1. The third-order valence-corrected chi connectivity index (χ3v) is 3.96. The third kappa shape index (κ3) is 1.32. The molecule has 0 atom stereocenters. The van der Waals surface area contributed by atoms with Crippen molar-refractivity contribution < 1.29 is 0 Å². The fraction of sp³-hybridized carbons (Fsp3) is 0.308. The van der Waals surface area contributed by atoms with Gasteiger partial charge in [0.2, 0.25) is 0 Å². The Balaban J connectivity index is 2.13. The van der Waals surface area contributed by atoms with Gasteiger partial charge in [0.25, 0.3) is 0 Å². The molecule has 0 aliphatic heterocycles. The molecule has 3 heteroatoms. The van der Waals surface area contributed by atoms with E-state index in [1.165, 1.54) is 6.42 Å². The van der Waals surface area contributed by atoms with Crippen LogP contribution in [0.4, 0.5) is 0 Å². The fourth-order valence-electron chi connectivity index (χ4n) is 2.19. The van der Waals surface area contributed by atoms with Gasteiger partial charge >= 0.3 is 0 Å². The Bertz CT molecular complexity index is 587. The molecule has 0 bridgehead atoms. The first-order valence-corrected chi connectivity index (χ1v) is 5.81. The first-order valence-electron chi connectivity index (χ1n) is 5.44. The second-order valence-electron chi connectivity index (χ2n) is 4.42. The quantitative estimate of drug-likeness (QED) is 0.747. The van der Waals surface area contributed by atoms with Gasteiger partial charge in [-0.25, -0.2) is 0 Å². The Morgan fingerprint density at radius 2 is 2.12 bits per heavy atom. The molecule has 1 saturated carbocycles. The monoisotopic (exact) mass is 230 g/mol. The minimum Gasteiger partial charge on any atom is -0.357 e. The highest BCUT2D eigenvalue weighted by Gasteiger charge is 2.37. The van der Waals surface area contributed by atoms with E-state index < -0.39 is 0 Å². The average molecular weight is 231 g/mol. The number of aromatic amines is 1. The minimum atomic E-state index is -0.189. The summed E-state index contributed by atoms with van der Waals surface area (Å²) in [5.74, 6) is 0. The molecule has 1 fully saturated rings. The third-order valence-electron chi connectivity index (χ3n) is 3.38. The topological polar surface area (TPSA) is 39.6 Å². The van der Waals surface area contributed by atoms with Crippen molar-refractivity contribution >= 4 is 22.5 Å². The molecule has 80 valence electrons. The van der Waals surface area contributed by atoms with E-state index in [4.69, 9.17) is 16.9 Å². The van der Waals surface area contributed by atoms with Crippen molar-refractivity contribution in [2.24, 2.45) is 0 Å². The van der Waals surface area contributed by atoms with Crippen LogP contribution in [0, 0.1) is 11.3 Å². The van der Waals surface area contributed by atoms with E-state index in [0.29, 0.717) is 5.56 Å². The molecule has 1 aromatic heterocycles. The Hall–Kier alpha value is -1.46. The number of halogens is 1. The molecule has 2 aromatic rings. The minimum absolute atomic E-state index is 0.189. The molecule has 3 rings (SSSR count). The van der Waals surface area contributed by atoms with Gasteiger partial charge in [0, 0.05) is 11.2 Å². The summed E-state index contributed by atoms with van der Waals surface area (Å²) >= 11 is 6.48. The lowest BCUT2D eigenvalue weighted by Gasteiger charge is -2.34. The van der Waals surface area contributed by atoms with Gasteiger partial charge in [0.1, 0.15) is 0 Å². The number of nitrogens with one attached hydrogen (secondary N) is 1. The van der Waals surface area contributed by atoms with Crippen molar-refractivity contribution in [2.75, 3.05) is 0 Å². The maximum Gasteiger partial charge on any atom is 0.0992 e. The van der Waals surface area contributed by atoms with Crippen LogP contribution in [-0.2, 0) is 4.87 Å². The number of fused-ring (bicyclic) bond motifs is 1. The zero-order valence-corrected chi connectivity index (χ0v) is 9.51. The molecule has 0 radical (unpaired) electrons. The molecule has 0 amide bonds. The number of hydrogen-bond acceptors (Lipinski definition) is 1. The van der Waals surface area contributed by atoms with Crippen molar-refractivity contribution in [3.05, 3.63) is 35.5 Å². The Morgan fingerprint density at radius 1 is 1.31 bits per heavy atom. The first-order chi connectivity index (χ1) is 7.71. The molecular formula is C13H11ClN2. The number of nitrogens with zero attached hydrogens (tertiary/aromatic N) is 1. The van der Waals surface area contributed by atoms with E-state index in [1.807, 2.05) is 18.2 Å². The first kappa shape index (κ1) is 9.74. The molecule has 0 unspecified atom stereocenters. The predicted molar refractivity (Wildman–Crippen MR) is 64.4 cm³/mol. The van der Waals surface area contributed by atoms with Crippen LogP contribution < -0.4 is 0 Å². The number of aromatic nitrogens is 1. The van der Waals surface area contributed by atoms with Crippen LogP contribution in [-0.4, -0.2) is 4.98 Å². The lowest BCUT2D eigenvalue weighted by Crippen LogP contribution is -2.27. The summed E-state index contributed by atoms with van der Waals surface area (Å²) < 4.78 is 0. The van der Waals surface area contributed by atoms with Gasteiger partial charge < -0.3 is 4.98 Å². The molecule has 0 saturated heterocycles. The molecule has 0 spiro atoms. The Labute approximate surface area is 98.8 Å². The fourth-order valence-corrected chi connectivity index (χ4v) is 2.56. The molecule has 1 N–H and O–H groups in total. The highest BCUT2D eigenvalue weighted by molar-refractivity contribution is 6.24. The zero-order chi connectivity index (χ0) is 11.2. The smallest absolute Gasteiger partial charge is 0.0992 e. The van der Waals surface area contributed by atoms with Gasteiger partial charge in [-0.3, -0.25) is 0 Å². The highest BCUT2D eigenvalue weighted by atomic mass is 35.5. The summed E-state index contributed by atoms with van der Waals surface area (Å²) in [5, 5.41) is 9.96. The average Bonchev–Trinajstić information content (AvgIpc) is 2.68. The summed E-state index contributed by atoms with van der Waals surface area (Å²) in [6.45, 7) is 0. The van der Waals surface area contributed by atoms with Crippen LogP contribution in [0.25, 0.3) is 10.9 Å². The largest absolute Gasteiger partial charge is 0.357 e. The SMILES string of the molecule is N#Cc1ccc2cc(C3(Cl)CCC3)[nH]c2c1. The van der Waals surface area contributed by atoms with Crippen LogP contribution in [0.15, 0.2) is 24.3 Å². The van der Waals surface area contributed by atoms with Crippen molar-refractivity contribution in [3.8, 4) is 6.07 Å². The standard InChI is InChI=1S/C13H11ClN2/c14-13(4-1-5-13)12-7-10-3-2-9(8-15)6-11(10)16-12/h2-3,6-7,16H,1,4-5H2. The molecular weight excluding hydrogens is 220 g/mol. The number of H-pyrrole nitrogens is 1. The van der Waals surface area contributed by atoms with E-state index in [-0.39, 0.29) is 4.87 Å². The molecule has 1 aliphatic rings. The van der Waals surface area contributed by atoms with E-state index in [0.717, 1.165) is 29.4 Å². The zero-order valence-electron chi connectivity index (χ0n) is 8.76. The number of rotatable bonds is 1. The summed E-state index contributed by atoms with van der Waals surface area (Å²) in [6.07, 6.45) is 3.27. The second kappa shape index (κ2) is 3.26. The van der Waals surface area contributed by atoms with Crippen LogP contribution in [0.1, 0.15) is 30.5 Å². The Kier molecular flexibility index (Phi) is 1.99. The van der Waals surface area contributed by atoms with Crippen molar-refractivity contribution in [1.29, 1.82) is 5.26 Å². The van der Waals surface area contributed by atoms with Gasteiger partial charge in [0.15, 0.2) is 0 Å². The molecule has 16 heavy (non-hydrogen) atoms. The summed E-state index contributed by atoms with van der Waals surface area (Å²) in [4.78, 5) is 3.14. The van der Waals surface area contributed by atoms with Crippen LogP contribution in [0.3, 0.4) is 0 Å². The predicted octanol–water partition coefficient (Wildman–Crippen LogP) is 3.66. The van der Waals surface area contributed by atoms with E-state index in [9.17, 15) is 0 Å². The Morgan fingerprint density at radius 3 is 2.75 bits per heavy atom. The van der Waals surface area contributed by atoms with E-state index in [2.05, 4.69) is 17.1 Å². The normalized spacial score (nSPS) is 18.0. The summed E-state index contributed by atoms with van der Waals surface area (Å²) in [5.41, 5.74) is 2.77. The maximum absolute atomic E-state index is 8.83. The molecule has 2 nitrogen and oxygen atoms in total. The molecule has 1 aromatic carbocycles. The second-order valence-corrected chi connectivity index (χ2v) is 5.14. The van der Waals surface area contributed by atoms with Gasteiger partial charge in [-0.2, -0.15) is 5.26 Å². The van der Waals surface area contributed by atoms with Gasteiger partial charge in [0.05, 0.1) is 16.5 Å². The molecule has 1 heterocycles. The number of benzene rings is 1. The maximum atomic E-state index is 8.83. The van der Waals surface area contributed by atoms with Crippen LogP contribution in [0.2, 0.25) is 0 Å². The number of hydrogen-bond donors (Lipinski definition) is 1. The highest BCUT2D eigenvalue weighted by Crippen LogP contribution is 2.47. The van der Waals surface area contributed by atoms with E-state index >= 15 is 0 Å². The van der Waals surface area contributed by atoms with Crippen molar-refractivity contribution in [2.45, 2.75) is 24.1 Å². The lowest BCUT2D eigenvalue weighted by atomic mass is 9.82. The summed E-state index contributed by atoms with van der Waals surface area (Å²) in [7, 11) is 0. The van der Waals surface area contributed by atoms with Crippen molar-refractivity contribution in [3.63, 3.8) is 0 Å². The van der Waals surface area contributed by atoms with E-state index in [1.54, 1.807) is 0 Å². The number of nitriles is 1. The lowest BCUT2D eigenvalue weighted by molar-refractivity contribution is 0.356. The van der Waals surface area contributed by atoms with Crippen LogP contribution in [0.5, 0.6) is 0 Å². The van der Waals surface area contributed by atoms with Gasteiger partial charge in [-0.15, -0.1) is 11.6 Å². The summed E-state index contributed by atoms with van der Waals surface area (Å²) in [6, 6.07) is 9.91. The van der Waals surface area contributed by atoms with Crippen LogP contribution >= 0.6 is 11.6 Å². The molecule has 1 aliphatic carbocycles. The van der Waals surface area contributed by atoms with Gasteiger partial charge in [-0.05, 0) is 42.8 Å². The van der Waals surface area contributed by atoms with Crippen molar-refractivity contribution in [1.82, 2.24) is 4.98 Å².